The molecule has 0 fully saturated rings. The van der Waals surface area contributed by atoms with E-state index in [-0.39, 0.29) is 11.4 Å². The van der Waals surface area contributed by atoms with Crippen LogP contribution in [0.25, 0.3) is 0 Å². The molecule has 0 unspecified atom stereocenters. The lowest BCUT2D eigenvalue weighted by atomic mass is 9.95. The number of aryl methyl sites for hydroxylation is 2. The zero-order chi connectivity index (χ0) is 22.0. The maximum Gasteiger partial charge on any atom is 0.303 e. The van der Waals surface area contributed by atoms with Crippen LogP contribution in [0.5, 0.6) is 10.9 Å². The summed E-state index contributed by atoms with van der Waals surface area (Å²) in [5.74, 6) is -0.820. The van der Waals surface area contributed by atoms with Crippen LogP contribution in [0.3, 0.4) is 0 Å². The number of nitrogens with zero attached hydrogens (tertiary/aromatic N) is 2. The molecular weight excluding hydrogens is 439 g/mol. The lowest BCUT2D eigenvalue weighted by Crippen LogP contribution is -2.31. The minimum absolute atomic E-state index is 0.00888. The van der Waals surface area contributed by atoms with Crippen molar-refractivity contribution in [3.05, 3.63) is 68.9 Å². The molecule has 8 heteroatoms. The number of anilines is 1. The summed E-state index contributed by atoms with van der Waals surface area (Å²) in [6.45, 7) is 3.22. The van der Waals surface area contributed by atoms with Crippen molar-refractivity contribution in [1.82, 2.24) is 4.98 Å². The predicted octanol–water partition coefficient (Wildman–Crippen LogP) is 5.87. The van der Waals surface area contributed by atoms with Gasteiger partial charge in [0.1, 0.15) is 5.75 Å². The highest BCUT2D eigenvalue weighted by Gasteiger charge is 2.22. The number of fused-ring (bicyclic) bond motifs is 1. The molecule has 1 aliphatic rings. The van der Waals surface area contributed by atoms with Gasteiger partial charge in [-0.05, 0) is 36.0 Å². The second-order valence-electron chi connectivity index (χ2n) is 7.45. The van der Waals surface area contributed by atoms with Crippen LogP contribution < -0.4 is 9.64 Å². The van der Waals surface area contributed by atoms with Crippen LogP contribution in [0.2, 0.25) is 5.02 Å². The highest BCUT2D eigenvalue weighted by atomic mass is 35.5. The first kappa shape index (κ1) is 21.6. The number of benzene rings is 2. The Bertz CT molecular complexity index is 1120. The summed E-state index contributed by atoms with van der Waals surface area (Å²) < 4.78 is 20.7. The van der Waals surface area contributed by atoms with E-state index in [0.717, 1.165) is 28.8 Å². The number of hydrogen-bond acceptors (Lipinski definition) is 5. The molecule has 3 aromatic rings. The molecule has 0 spiro atoms. The SMILES string of the molecule is CCc1cnc(Oc2cc(Cl)c(F)c(N3CCc4cc(CCC(=O)O)ccc4C3)c2)s1. The Balaban J connectivity index is 1.54. The monoisotopic (exact) mass is 460 g/mol. The molecule has 1 aromatic heterocycles. The first-order valence-corrected chi connectivity index (χ1v) is 11.3. The van der Waals surface area contributed by atoms with Crippen molar-refractivity contribution in [3.8, 4) is 10.9 Å². The van der Waals surface area contributed by atoms with Gasteiger partial charge in [0.25, 0.3) is 5.19 Å². The molecule has 0 saturated heterocycles. The highest BCUT2D eigenvalue weighted by Crippen LogP contribution is 2.37. The van der Waals surface area contributed by atoms with Crippen molar-refractivity contribution in [3.63, 3.8) is 0 Å². The molecule has 2 heterocycles. The molecule has 0 amide bonds. The van der Waals surface area contributed by atoms with E-state index < -0.39 is 11.8 Å². The molecule has 31 heavy (non-hydrogen) atoms. The van der Waals surface area contributed by atoms with Crippen LogP contribution in [0.4, 0.5) is 10.1 Å². The number of aromatic nitrogens is 1. The number of hydrogen-bond donors (Lipinski definition) is 1. The summed E-state index contributed by atoms with van der Waals surface area (Å²) in [7, 11) is 0. The van der Waals surface area contributed by atoms with E-state index in [4.69, 9.17) is 21.4 Å². The van der Waals surface area contributed by atoms with Gasteiger partial charge in [0.05, 0.1) is 10.7 Å². The van der Waals surface area contributed by atoms with Crippen molar-refractivity contribution < 1.29 is 19.0 Å². The Labute approximate surface area is 189 Å². The fourth-order valence-electron chi connectivity index (χ4n) is 3.66. The predicted molar refractivity (Wildman–Crippen MR) is 120 cm³/mol. The van der Waals surface area contributed by atoms with Crippen LogP contribution in [0, 0.1) is 5.82 Å². The first-order chi connectivity index (χ1) is 14.9. The van der Waals surface area contributed by atoms with Gasteiger partial charge < -0.3 is 14.7 Å². The molecule has 5 nitrogen and oxygen atoms in total. The van der Waals surface area contributed by atoms with Gasteiger partial charge in [0, 0.05) is 42.7 Å². The van der Waals surface area contributed by atoms with Gasteiger partial charge in [-0.25, -0.2) is 9.37 Å². The van der Waals surface area contributed by atoms with Gasteiger partial charge >= 0.3 is 5.97 Å². The minimum atomic E-state index is -0.804. The second kappa shape index (κ2) is 9.24. The third kappa shape index (κ3) is 4.99. The standard InChI is InChI=1S/C23H22ClFN2O3S/c1-2-18-12-26-23(31-18)30-17-10-19(24)22(25)20(11-17)27-8-7-15-9-14(4-6-21(28)29)3-5-16(15)13-27/h3,5,9-12H,2,4,6-8,13H2,1H3,(H,28,29). The Morgan fingerprint density at radius 1 is 1.32 bits per heavy atom. The van der Waals surface area contributed by atoms with Gasteiger partial charge in [-0.2, -0.15) is 0 Å². The van der Waals surface area contributed by atoms with Crippen LogP contribution >= 0.6 is 22.9 Å². The fourth-order valence-corrected chi connectivity index (χ4v) is 4.58. The molecule has 0 aliphatic carbocycles. The number of halogens is 2. The van der Waals surface area contributed by atoms with Gasteiger partial charge in [0.15, 0.2) is 5.82 Å². The van der Waals surface area contributed by atoms with Gasteiger partial charge in [-0.3, -0.25) is 4.79 Å². The largest absolute Gasteiger partial charge is 0.481 e. The first-order valence-electron chi connectivity index (χ1n) is 10.1. The van der Waals surface area contributed by atoms with Crippen LogP contribution in [-0.2, 0) is 30.6 Å². The normalized spacial score (nSPS) is 13.2. The number of carbonyl (C=O) groups is 1. The number of carboxylic acid groups (broad SMARTS) is 1. The molecule has 0 saturated carbocycles. The summed E-state index contributed by atoms with van der Waals surface area (Å²) in [6.07, 6.45) is 4.01. The van der Waals surface area contributed by atoms with E-state index in [1.165, 1.54) is 23.0 Å². The van der Waals surface area contributed by atoms with Crippen molar-refractivity contribution in [1.29, 1.82) is 0 Å². The molecule has 1 N–H and O–H groups in total. The molecule has 4 rings (SSSR count). The highest BCUT2D eigenvalue weighted by molar-refractivity contribution is 7.13. The topological polar surface area (TPSA) is 62.7 Å². The minimum Gasteiger partial charge on any atom is -0.481 e. The Hall–Kier alpha value is -2.64. The second-order valence-corrected chi connectivity index (χ2v) is 8.94. The zero-order valence-corrected chi connectivity index (χ0v) is 18.6. The molecule has 1 aliphatic heterocycles. The molecule has 0 radical (unpaired) electrons. The summed E-state index contributed by atoms with van der Waals surface area (Å²) >= 11 is 7.63. The number of carboxylic acids is 1. The van der Waals surface area contributed by atoms with Crippen molar-refractivity contribution in [2.24, 2.45) is 0 Å². The van der Waals surface area contributed by atoms with E-state index in [1.54, 1.807) is 12.3 Å². The lowest BCUT2D eigenvalue weighted by Gasteiger charge is -2.31. The molecular formula is C23H22ClFN2O3S. The average molecular weight is 461 g/mol. The third-order valence-corrected chi connectivity index (χ3v) is 6.61. The van der Waals surface area contributed by atoms with Crippen LogP contribution in [0.15, 0.2) is 36.5 Å². The zero-order valence-electron chi connectivity index (χ0n) is 17.0. The van der Waals surface area contributed by atoms with Crippen molar-refractivity contribution in [2.45, 2.75) is 39.2 Å². The number of thiazole rings is 1. The third-order valence-electron chi connectivity index (χ3n) is 5.32. The van der Waals surface area contributed by atoms with Crippen molar-refractivity contribution >= 4 is 34.6 Å². The Morgan fingerprint density at radius 2 is 2.16 bits per heavy atom. The number of aliphatic carboxylic acids is 1. The molecule has 0 bridgehead atoms. The van der Waals surface area contributed by atoms with Gasteiger partial charge in [-0.1, -0.05) is 48.1 Å². The van der Waals surface area contributed by atoms with Crippen molar-refractivity contribution in [2.75, 3.05) is 11.4 Å². The van der Waals surface area contributed by atoms with Crippen LogP contribution in [0.1, 0.15) is 34.9 Å². The van der Waals surface area contributed by atoms with E-state index in [2.05, 4.69) is 11.1 Å². The van der Waals surface area contributed by atoms with Crippen LogP contribution in [-0.4, -0.2) is 22.6 Å². The maximum absolute atomic E-state index is 14.9. The quantitative estimate of drug-likeness (QED) is 0.477. The maximum atomic E-state index is 14.9. The number of ether oxygens (including phenoxy) is 1. The molecule has 162 valence electrons. The summed E-state index contributed by atoms with van der Waals surface area (Å²) in [6, 6.07) is 9.15. The van der Waals surface area contributed by atoms with E-state index in [0.29, 0.717) is 36.1 Å². The van der Waals surface area contributed by atoms with E-state index in [1.807, 2.05) is 24.0 Å². The molecule has 2 aromatic carbocycles. The lowest BCUT2D eigenvalue weighted by molar-refractivity contribution is -0.136. The van der Waals surface area contributed by atoms with Gasteiger partial charge in [-0.15, -0.1) is 0 Å². The number of rotatable bonds is 7. The molecule has 0 atom stereocenters. The Morgan fingerprint density at radius 3 is 2.90 bits per heavy atom. The average Bonchev–Trinajstić information content (AvgIpc) is 3.21. The van der Waals surface area contributed by atoms with E-state index in [9.17, 15) is 9.18 Å². The smallest absolute Gasteiger partial charge is 0.303 e. The summed E-state index contributed by atoms with van der Waals surface area (Å²) in [5.41, 5.74) is 3.68. The fraction of sp³-hybridized carbons (Fsp3) is 0.304. The van der Waals surface area contributed by atoms with E-state index >= 15 is 0 Å². The van der Waals surface area contributed by atoms with Gasteiger partial charge in [0.2, 0.25) is 0 Å². The summed E-state index contributed by atoms with van der Waals surface area (Å²) in [5, 5.41) is 9.40. The summed E-state index contributed by atoms with van der Waals surface area (Å²) in [4.78, 5) is 18.1. The Kier molecular flexibility index (Phi) is 6.43.